The first kappa shape index (κ1) is 30.5. The van der Waals surface area contributed by atoms with Crippen LogP contribution in [-0.4, -0.2) is 73.1 Å². The minimum atomic E-state index is -4.58. The summed E-state index contributed by atoms with van der Waals surface area (Å²) in [6, 6.07) is -1.06. The number of aliphatic carboxylic acids is 1. The second kappa shape index (κ2) is 14.7. The smallest absolute Gasteiger partial charge is 0.480 e. The molecule has 35 heavy (non-hydrogen) atoms. The molecule has 1 rings (SSSR count). The van der Waals surface area contributed by atoms with Crippen molar-refractivity contribution >= 4 is 32.0 Å². The lowest BCUT2D eigenvalue weighted by molar-refractivity contribution is -0.144. The molecule has 1 aliphatic carbocycles. The third-order valence-electron chi connectivity index (χ3n) is 4.99. The van der Waals surface area contributed by atoms with E-state index in [4.69, 9.17) is 23.9 Å². The van der Waals surface area contributed by atoms with Crippen molar-refractivity contribution in [3.8, 4) is 0 Å². The molecule has 1 fully saturated rings. The van der Waals surface area contributed by atoms with Crippen molar-refractivity contribution in [2.75, 3.05) is 20.3 Å². The van der Waals surface area contributed by atoms with Gasteiger partial charge in [-0.25, -0.2) is 18.9 Å². The fourth-order valence-electron chi connectivity index (χ4n) is 3.57. The number of nitrogens with one attached hydrogen (secondary N) is 2. The van der Waals surface area contributed by atoms with Gasteiger partial charge in [-0.3, -0.25) is 19.5 Å². The van der Waals surface area contributed by atoms with Crippen molar-refractivity contribution in [1.29, 1.82) is 5.41 Å². The highest BCUT2D eigenvalue weighted by Crippen LogP contribution is 2.47. The quantitative estimate of drug-likeness (QED) is 0.110. The van der Waals surface area contributed by atoms with E-state index in [2.05, 4.69) is 14.6 Å². The number of carboxylic acid groups (broad SMARTS) is 1. The van der Waals surface area contributed by atoms with Gasteiger partial charge >= 0.3 is 26.0 Å². The summed E-state index contributed by atoms with van der Waals surface area (Å²) in [5.41, 5.74) is 0. The molecule has 0 amide bonds. The molecule has 202 valence electrons. The third kappa shape index (κ3) is 10.7. The van der Waals surface area contributed by atoms with Gasteiger partial charge in [0.05, 0.1) is 13.2 Å². The molecule has 0 saturated heterocycles. The van der Waals surface area contributed by atoms with E-state index in [0.29, 0.717) is 12.8 Å². The van der Waals surface area contributed by atoms with Crippen LogP contribution in [-0.2, 0) is 37.4 Å². The Balaban J connectivity index is 3.03. The van der Waals surface area contributed by atoms with Gasteiger partial charge < -0.3 is 29.0 Å². The molecule has 0 bridgehead atoms. The van der Waals surface area contributed by atoms with Gasteiger partial charge in [-0.15, -0.1) is 0 Å². The molecular formula is C20H36N3O11P. The monoisotopic (exact) mass is 525 g/mol. The van der Waals surface area contributed by atoms with Gasteiger partial charge in [0.15, 0.2) is 0 Å². The second-order valence-corrected chi connectivity index (χ2v) is 9.34. The molecule has 0 spiro atoms. The maximum Gasteiger partial charge on any atom is 0.510 e. The summed E-state index contributed by atoms with van der Waals surface area (Å²) in [5, 5.41) is 20.4. The molecule has 0 aromatic heterocycles. The van der Waals surface area contributed by atoms with Crippen LogP contribution in [0.15, 0.2) is 0 Å². The summed E-state index contributed by atoms with van der Waals surface area (Å²) in [6.07, 6.45) is -1.05. The second-order valence-electron chi connectivity index (χ2n) is 7.70. The molecule has 3 N–H and O–H groups in total. The van der Waals surface area contributed by atoms with Gasteiger partial charge in [0.25, 0.3) is 0 Å². The minimum absolute atomic E-state index is 0.0234. The van der Waals surface area contributed by atoms with Crippen molar-refractivity contribution in [2.24, 2.45) is 5.92 Å². The largest absolute Gasteiger partial charge is 0.510 e. The third-order valence-corrected chi connectivity index (χ3v) is 6.62. The maximum atomic E-state index is 13.5. The molecule has 1 aliphatic rings. The summed E-state index contributed by atoms with van der Waals surface area (Å²) in [6.45, 7) is 5.60. The van der Waals surface area contributed by atoms with Crippen LogP contribution in [0.5, 0.6) is 0 Å². The average molecular weight is 525 g/mol. The molecule has 0 aliphatic heterocycles. The Kier molecular flexibility index (Phi) is 12.8. The molecular weight excluding hydrogens is 489 g/mol. The van der Waals surface area contributed by atoms with E-state index in [1.54, 1.807) is 13.8 Å². The molecule has 0 aromatic carbocycles. The summed E-state index contributed by atoms with van der Waals surface area (Å²) in [7, 11) is -3.21. The SMILES string of the molecule is CCOC(=O)OC(C)OP(=O)(NC(=N)N(C)C(C(=O)O)C1CCCCC1)OC(C)OC(=O)OCC. The Bertz CT molecular complexity index is 743. The lowest BCUT2D eigenvalue weighted by atomic mass is 9.83. The van der Waals surface area contributed by atoms with Gasteiger partial charge in [-0.1, -0.05) is 19.3 Å². The van der Waals surface area contributed by atoms with Gasteiger partial charge in [-0.05, 0) is 46.5 Å². The predicted octanol–water partition coefficient (Wildman–Crippen LogP) is 3.66. The fraction of sp³-hybridized carbons (Fsp3) is 0.800. The first-order valence-electron chi connectivity index (χ1n) is 11.4. The summed E-state index contributed by atoms with van der Waals surface area (Å²) >= 11 is 0. The standard InChI is InChI=1S/C20H36N3O11P/c1-6-29-19(26)31-13(3)33-35(28,34-14(4)32-20(27)30-7-2)22-18(21)23(5)16(17(24)25)15-11-9-8-10-12-15/h13-16H,6-12H2,1-5H3,(H,24,25)(H2,21,22,28). The Morgan fingerprint density at radius 2 is 1.46 bits per heavy atom. The number of carboxylic acids is 1. The number of guanidine groups is 1. The first-order valence-corrected chi connectivity index (χ1v) is 12.9. The van der Waals surface area contributed by atoms with Crippen LogP contribution in [0.1, 0.15) is 59.8 Å². The van der Waals surface area contributed by atoms with Gasteiger partial charge in [0, 0.05) is 7.05 Å². The van der Waals surface area contributed by atoms with Gasteiger partial charge in [0.2, 0.25) is 18.5 Å². The average Bonchev–Trinajstić information content (AvgIpc) is 2.73. The number of rotatable bonds is 12. The Morgan fingerprint density at radius 3 is 1.86 bits per heavy atom. The van der Waals surface area contributed by atoms with Crippen molar-refractivity contribution < 1.29 is 52.1 Å². The number of carbonyl (C=O) groups excluding carboxylic acids is 2. The van der Waals surface area contributed by atoms with E-state index in [0.717, 1.165) is 24.2 Å². The topological polar surface area (TPSA) is 183 Å². The molecule has 14 nitrogen and oxygen atoms in total. The van der Waals surface area contributed by atoms with Crippen molar-refractivity contribution in [3.05, 3.63) is 0 Å². The minimum Gasteiger partial charge on any atom is -0.480 e. The zero-order chi connectivity index (χ0) is 26.6. The number of nitrogens with zero attached hydrogens (tertiary/aromatic N) is 1. The van der Waals surface area contributed by atoms with E-state index in [-0.39, 0.29) is 19.1 Å². The van der Waals surface area contributed by atoms with Crippen molar-refractivity contribution in [3.63, 3.8) is 0 Å². The maximum absolute atomic E-state index is 13.5. The molecule has 15 heteroatoms. The van der Waals surface area contributed by atoms with Crippen molar-refractivity contribution in [2.45, 2.75) is 78.4 Å². The highest BCUT2D eigenvalue weighted by molar-refractivity contribution is 7.52. The normalized spacial score (nSPS) is 18.2. The zero-order valence-corrected chi connectivity index (χ0v) is 21.6. The lowest BCUT2D eigenvalue weighted by Gasteiger charge is -2.36. The van der Waals surface area contributed by atoms with E-state index in [9.17, 15) is 24.1 Å². The van der Waals surface area contributed by atoms with Gasteiger partial charge in [-0.2, -0.15) is 0 Å². The van der Waals surface area contributed by atoms with Gasteiger partial charge in [0.1, 0.15) is 6.04 Å². The van der Waals surface area contributed by atoms with Crippen LogP contribution in [0.4, 0.5) is 9.59 Å². The van der Waals surface area contributed by atoms with E-state index in [1.807, 2.05) is 0 Å². The zero-order valence-electron chi connectivity index (χ0n) is 20.7. The van der Waals surface area contributed by atoms with Crippen LogP contribution in [0, 0.1) is 11.3 Å². The Labute approximate surface area is 204 Å². The molecule has 1 saturated carbocycles. The molecule has 0 aromatic rings. The number of likely N-dealkylation sites (N-methyl/N-ethyl adjacent to an activating group) is 1. The summed E-state index contributed by atoms with van der Waals surface area (Å²) < 4.78 is 42.8. The number of ether oxygens (including phenoxy) is 4. The van der Waals surface area contributed by atoms with Crippen LogP contribution in [0.3, 0.4) is 0 Å². The fourth-order valence-corrected chi connectivity index (χ4v) is 5.01. The number of hydrogen-bond acceptors (Lipinski definition) is 11. The highest BCUT2D eigenvalue weighted by Gasteiger charge is 2.39. The molecule has 3 unspecified atom stereocenters. The Morgan fingerprint density at radius 1 is 1.00 bits per heavy atom. The predicted molar refractivity (Wildman–Crippen MR) is 122 cm³/mol. The molecule has 3 atom stereocenters. The lowest BCUT2D eigenvalue weighted by Crippen LogP contribution is -2.51. The highest BCUT2D eigenvalue weighted by atomic mass is 31.2. The van der Waals surface area contributed by atoms with Crippen LogP contribution in [0.2, 0.25) is 0 Å². The van der Waals surface area contributed by atoms with E-state index in [1.165, 1.54) is 20.9 Å². The first-order chi connectivity index (χ1) is 16.4. The molecule has 0 radical (unpaired) electrons. The van der Waals surface area contributed by atoms with Crippen LogP contribution >= 0.6 is 7.75 Å². The summed E-state index contributed by atoms with van der Waals surface area (Å²) in [5.74, 6) is -1.94. The van der Waals surface area contributed by atoms with E-state index < -0.39 is 50.6 Å². The summed E-state index contributed by atoms with van der Waals surface area (Å²) in [4.78, 5) is 36.3. The van der Waals surface area contributed by atoms with Crippen molar-refractivity contribution in [1.82, 2.24) is 9.99 Å². The van der Waals surface area contributed by atoms with E-state index >= 15 is 0 Å². The number of carbonyl (C=O) groups is 3. The van der Waals surface area contributed by atoms with Crippen LogP contribution in [0.25, 0.3) is 0 Å². The van der Waals surface area contributed by atoms with Crippen LogP contribution < -0.4 is 5.09 Å². The molecule has 0 heterocycles. The Hall–Kier alpha value is -2.57. The number of hydrogen-bond donors (Lipinski definition) is 3.